The summed E-state index contributed by atoms with van der Waals surface area (Å²) in [5, 5.41) is 9.02. The van der Waals surface area contributed by atoms with E-state index >= 15 is 0 Å². The molecule has 0 aliphatic carbocycles. The molecule has 30 heavy (non-hydrogen) atoms. The molecular weight excluding hydrogens is 400 g/mol. The molecule has 3 rings (SSSR count). The van der Waals surface area contributed by atoms with E-state index in [2.05, 4.69) is 0 Å². The second kappa shape index (κ2) is 9.44. The molecule has 0 unspecified atom stereocenters. The topological polar surface area (TPSA) is 79.6 Å². The van der Waals surface area contributed by atoms with Gasteiger partial charge in [-0.05, 0) is 41.5 Å². The lowest BCUT2D eigenvalue weighted by atomic mass is 10.2. The molecule has 154 valence electrons. The SMILES string of the molecule is COc1cc(CN(C)S(=O)(=O)c2cccc(C#N)c2)ccc1OCc1ccccc1. The minimum absolute atomic E-state index is 0.0822. The number of methoxy groups -OCH3 is 1. The lowest BCUT2D eigenvalue weighted by molar-refractivity contribution is 0.284. The van der Waals surface area contributed by atoms with Crippen LogP contribution in [-0.2, 0) is 23.2 Å². The molecule has 7 heteroatoms. The first-order valence-corrected chi connectivity index (χ1v) is 10.7. The Hall–Kier alpha value is -3.34. The molecule has 0 amide bonds. The summed E-state index contributed by atoms with van der Waals surface area (Å²) in [6, 6.07) is 23.1. The van der Waals surface area contributed by atoms with Crippen molar-refractivity contribution in [3.8, 4) is 17.6 Å². The fourth-order valence-corrected chi connectivity index (χ4v) is 4.12. The fraction of sp³-hybridized carbons (Fsp3) is 0.174. The lowest BCUT2D eigenvalue weighted by Crippen LogP contribution is -2.26. The molecule has 0 heterocycles. The molecule has 0 bridgehead atoms. The van der Waals surface area contributed by atoms with Crippen LogP contribution in [0.4, 0.5) is 0 Å². The van der Waals surface area contributed by atoms with Gasteiger partial charge < -0.3 is 9.47 Å². The Morgan fingerprint density at radius 1 is 0.933 bits per heavy atom. The zero-order valence-corrected chi connectivity index (χ0v) is 17.6. The average Bonchev–Trinajstić information content (AvgIpc) is 2.78. The van der Waals surface area contributed by atoms with Crippen molar-refractivity contribution in [1.82, 2.24) is 4.31 Å². The first-order chi connectivity index (χ1) is 14.4. The first kappa shape index (κ1) is 21.4. The highest BCUT2D eigenvalue weighted by atomic mass is 32.2. The first-order valence-electron chi connectivity index (χ1n) is 9.24. The summed E-state index contributed by atoms with van der Waals surface area (Å²) in [5.41, 5.74) is 2.08. The van der Waals surface area contributed by atoms with Crippen LogP contribution >= 0.6 is 0 Å². The van der Waals surface area contributed by atoms with E-state index < -0.39 is 10.0 Å². The summed E-state index contributed by atoms with van der Waals surface area (Å²) in [6.07, 6.45) is 0. The molecule has 0 saturated carbocycles. The van der Waals surface area contributed by atoms with Gasteiger partial charge in [-0.3, -0.25) is 0 Å². The third-order valence-corrected chi connectivity index (χ3v) is 6.34. The van der Waals surface area contributed by atoms with Crippen molar-refractivity contribution in [2.45, 2.75) is 18.0 Å². The number of rotatable bonds is 8. The average molecular weight is 423 g/mol. The highest BCUT2D eigenvalue weighted by Crippen LogP contribution is 2.30. The zero-order valence-electron chi connectivity index (χ0n) is 16.8. The Morgan fingerprint density at radius 3 is 2.40 bits per heavy atom. The Balaban J connectivity index is 1.75. The maximum Gasteiger partial charge on any atom is 0.243 e. The lowest BCUT2D eigenvalue weighted by Gasteiger charge is -2.18. The van der Waals surface area contributed by atoms with Crippen molar-refractivity contribution < 1.29 is 17.9 Å². The molecule has 0 saturated heterocycles. The van der Waals surface area contributed by atoms with Crippen LogP contribution in [0.5, 0.6) is 11.5 Å². The number of ether oxygens (including phenoxy) is 2. The number of hydrogen-bond acceptors (Lipinski definition) is 5. The van der Waals surface area contributed by atoms with Crippen LogP contribution in [-0.4, -0.2) is 26.9 Å². The number of benzene rings is 3. The summed E-state index contributed by atoms with van der Waals surface area (Å²) in [4.78, 5) is 0.0822. The van der Waals surface area contributed by atoms with Gasteiger partial charge in [-0.25, -0.2) is 8.42 Å². The van der Waals surface area contributed by atoms with E-state index in [1.165, 1.54) is 23.5 Å². The third-order valence-electron chi connectivity index (χ3n) is 4.54. The Bertz CT molecular complexity index is 1160. The van der Waals surface area contributed by atoms with Crippen LogP contribution in [0.3, 0.4) is 0 Å². The molecule has 0 atom stereocenters. The summed E-state index contributed by atoms with van der Waals surface area (Å²) in [7, 11) is -0.691. The van der Waals surface area contributed by atoms with Gasteiger partial charge in [0.2, 0.25) is 10.0 Å². The minimum Gasteiger partial charge on any atom is -0.493 e. The molecule has 0 spiro atoms. The van der Waals surface area contributed by atoms with Gasteiger partial charge in [-0.2, -0.15) is 9.57 Å². The minimum atomic E-state index is -3.74. The van der Waals surface area contributed by atoms with Crippen molar-refractivity contribution in [3.05, 3.63) is 89.5 Å². The van der Waals surface area contributed by atoms with Gasteiger partial charge in [-0.15, -0.1) is 0 Å². The molecule has 0 N–H and O–H groups in total. The second-order valence-corrected chi connectivity index (χ2v) is 8.71. The Morgan fingerprint density at radius 2 is 1.70 bits per heavy atom. The van der Waals surface area contributed by atoms with Gasteiger partial charge in [0, 0.05) is 13.6 Å². The quantitative estimate of drug-likeness (QED) is 0.549. The van der Waals surface area contributed by atoms with Crippen LogP contribution in [0.2, 0.25) is 0 Å². The monoisotopic (exact) mass is 422 g/mol. The van der Waals surface area contributed by atoms with Crippen molar-refractivity contribution in [2.75, 3.05) is 14.2 Å². The Kier molecular flexibility index (Phi) is 6.72. The molecule has 0 aliphatic rings. The number of hydrogen-bond donors (Lipinski definition) is 0. The third kappa shape index (κ3) is 4.98. The molecule has 6 nitrogen and oxygen atoms in total. The molecule has 3 aromatic carbocycles. The van der Waals surface area contributed by atoms with E-state index in [0.717, 1.165) is 11.1 Å². The Labute approximate surface area is 177 Å². The summed E-state index contributed by atoms with van der Waals surface area (Å²) < 4.78 is 38.2. The zero-order chi connectivity index (χ0) is 21.6. The fourth-order valence-electron chi connectivity index (χ4n) is 2.91. The van der Waals surface area contributed by atoms with Gasteiger partial charge in [-0.1, -0.05) is 42.5 Å². The van der Waals surface area contributed by atoms with Crippen LogP contribution in [0.1, 0.15) is 16.7 Å². The summed E-state index contributed by atoms with van der Waals surface area (Å²) in [6.45, 7) is 0.550. The largest absolute Gasteiger partial charge is 0.493 e. The normalized spacial score (nSPS) is 11.1. The highest BCUT2D eigenvalue weighted by molar-refractivity contribution is 7.89. The second-order valence-electron chi connectivity index (χ2n) is 6.66. The summed E-state index contributed by atoms with van der Waals surface area (Å²) >= 11 is 0. The van der Waals surface area contributed by atoms with Crippen LogP contribution < -0.4 is 9.47 Å². The smallest absolute Gasteiger partial charge is 0.243 e. The molecule has 0 aromatic heterocycles. The van der Waals surface area contributed by atoms with Crippen molar-refractivity contribution in [2.24, 2.45) is 0 Å². The number of nitriles is 1. The maximum absolute atomic E-state index is 12.8. The maximum atomic E-state index is 12.8. The van der Waals surface area contributed by atoms with Crippen molar-refractivity contribution >= 4 is 10.0 Å². The van der Waals surface area contributed by atoms with Gasteiger partial charge >= 0.3 is 0 Å². The van der Waals surface area contributed by atoms with Gasteiger partial charge in [0.1, 0.15) is 6.61 Å². The van der Waals surface area contributed by atoms with Gasteiger partial charge in [0.05, 0.1) is 23.6 Å². The van der Waals surface area contributed by atoms with E-state index in [4.69, 9.17) is 14.7 Å². The van der Waals surface area contributed by atoms with Gasteiger partial charge in [0.15, 0.2) is 11.5 Å². The highest BCUT2D eigenvalue weighted by Gasteiger charge is 2.21. The van der Waals surface area contributed by atoms with E-state index in [1.54, 1.807) is 37.4 Å². The van der Waals surface area contributed by atoms with Crippen molar-refractivity contribution in [3.63, 3.8) is 0 Å². The predicted molar refractivity (Wildman–Crippen MR) is 114 cm³/mol. The van der Waals surface area contributed by atoms with E-state index in [1.807, 2.05) is 36.4 Å². The van der Waals surface area contributed by atoms with E-state index in [0.29, 0.717) is 23.7 Å². The molecule has 0 fully saturated rings. The number of nitrogens with zero attached hydrogens (tertiary/aromatic N) is 2. The molecule has 3 aromatic rings. The van der Waals surface area contributed by atoms with Crippen LogP contribution in [0.15, 0.2) is 77.7 Å². The van der Waals surface area contributed by atoms with E-state index in [-0.39, 0.29) is 11.4 Å². The van der Waals surface area contributed by atoms with Crippen LogP contribution in [0.25, 0.3) is 0 Å². The number of sulfonamides is 1. The predicted octanol–water partition coefficient (Wildman–Crippen LogP) is 3.97. The van der Waals surface area contributed by atoms with E-state index in [9.17, 15) is 8.42 Å². The van der Waals surface area contributed by atoms with Crippen molar-refractivity contribution in [1.29, 1.82) is 5.26 Å². The van der Waals surface area contributed by atoms with Crippen LogP contribution in [0, 0.1) is 11.3 Å². The van der Waals surface area contributed by atoms with Gasteiger partial charge in [0.25, 0.3) is 0 Å². The standard InChI is InChI=1S/C23H22N2O4S/c1-25(30(26,27)21-10-6-9-19(13-21)15-24)16-20-11-12-22(23(14-20)28-2)29-17-18-7-4-3-5-8-18/h3-14H,16-17H2,1-2H3. The molecule has 0 aliphatic heterocycles. The summed E-state index contributed by atoms with van der Waals surface area (Å²) in [5.74, 6) is 1.11. The molecule has 0 radical (unpaired) electrons. The molecular formula is C23H22N2O4S.